The highest BCUT2D eigenvalue weighted by molar-refractivity contribution is 9.11. The molecule has 0 saturated carbocycles. The number of hydrogen-bond acceptors (Lipinski definition) is 5. The van der Waals surface area contributed by atoms with Crippen LogP contribution in [0.5, 0.6) is 0 Å². The molecule has 22 heavy (non-hydrogen) atoms. The van der Waals surface area contributed by atoms with E-state index in [-0.39, 0.29) is 11.6 Å². The van der Waals surface area contributed by atoms with E-state index in [1.54, 1.807) is 36.4 Å². The minimum atomic E-state index is -0.451. The Labute approximate surface area is 138 Å². The van der Waals surface area contributed by atoms with Gasteiger partial charge in [0.2, 0.25) is 0 Å². The van der Waals surface area contributed by atoms with Crippen LogP contribution in [0.2, 0.25) is 0 Å². The van der Waals surface area contributed by atoms with Crippen molar-refractivity contribution in [3.63, 3.8) is 0 Å². The smallest absolute Gasteiger partial charge is 0.266 e. The number of hydrogen-bond donors (Lipinski definition) is 1. The summed E-state index contributed by atoms with van der Waals surface area (Å²) >= 11 is 4.57. The summed E-state index contributed by atoms with van der Waals surface area (Å²) in [5.41, 5.74) is 2.85. The number of hydrazone groups is 1. The second-order valence-corrected chi connectivity index (χ2v) is 6.46. The molecule has 0 aliphatic heterocycles. The number of rotatable bonds is 5. The molecule has 0 radical (unpaired) electrons. The summed E-state index contributed by atoms with van der Waals surface area (Å²) in [7, 11) is 0. The zero-order valence-corrected chi connectivity index (χ0v) is 13.5. The molecule has 1 N–H and O–H groups in total. The summed E-state index contributed by atoms with van der Waals surface area (Å²) in [5.74, 6) is -0.314. The van der Waals surface area contributed by atoms with E-state index in [2.05, 4.69) is 26.5 Å². The van der Waals surface area contributed by atoms with E-state index in [1.165, 1.54) is 29.7 Å². The highest BCUT2D eigenvalue weighted by atomic mass is 79.9. The van der Waals surface area contributed by atoms with Gasteiger partial charge in [-0.1, -0.05) is 12.1 Å². The van der Waals surface area contributed by atoms with Crippen LogP contribution in [0.1, 0.15) is 15.2 Å². The largest absolute Gasteiger partial charge is 0.281 e. The molecule has 0 spiro atoms. The first-order valence-electron chi connectivity index (χ1n) is 6.07. The van der Waals surface area contributed by atoms with Crippen LogP contribution in [0.3, 0.4) is 0 Å². The van der Waals surface area contributed by atoms with E-state index >= 15 is 0 Å². The molecule has 0 saturated heterocycles. The number of carbonyl (C=O) groups is 1. The van der Waals surface area contributed by atoms with E-state index in [0.717, 1.165) is 3.79 Å². The molecule has 2 rings (SSSR count). The second-order valence-electron chi connectivity index (χ2n) is 4.00. The lowest BCUT2D eigenvalue weighted by Gasteiger charge is -1.95. The molecule has 0 unspecified atom stereocenters. The van der Waals surface area contributed by atoms with Crippen LogP contribution in [-0.2, 0) is 0 Å². The number of amides is 1. The second kappa shape index (κ2) is 7.62. The van der Waals surface area contributed by atoms with Crippen molar-refractivity contribution in [2.24, 2.45) is 5.10 Å². The first kappa shape index (κ1) is 16.1. The number of nitro benzene ring substituents is 1. The number of thiophene rings is 1. The molecule has 1 heterocycles. The van der Waals surface area contributed by atoms with E-state index in [1.807, 2.05) is 0 Å². The van der Waals surface area contributed by atoms with Gasteiger partial charge in [0.15, 0.2) is 0 Å². The third-order valence-corrected chi connectivity index (χ3v) is 4.16. The van der Waals surface area contributed by atoms with E-state index in [9.17, 15) is 14.9 Å². The van der Waals surface area contributed by atoms with Gasteiger partial charge in [-0.25, -0.2) is 5.43 Å². The SMILES string of the molecule is O=C(NN=CC=Cc1ccccc1[N+](=O)[O-])c1ccc(Br)s1. The average Bonchev–Trinajstić information content (AvgIpc) is 2.93. The summed E-state index contributed by atoms with van der Waals surface area (Å²) < 4.78 is 0.859. The minimum absolute atomic E-state index is 0.0135. The topological polar surface area (TPSA) is 84.6 Å². The molecular weight excluding hydrogens is 370 g/mol. The summed E-state index contributed by atoms with van der Waals surface area (Å²) in [6.45, 7) is 0. The van der Waals surface area contributed by atoms with Gasteiger partial charge in [0.25, 0.3) is 11.6 Å². The van der Waals surface area contributed by atoms with E-state index in [4.69, 9.17) is 0 Å². The molecule has 0 aliphatic rings. The van der Waals surface area contributed by atoms with Crippen LogP contribution >= 0.6 is 27.3 Å². The van der Waals surface area contributed by atoms with Gasteiger partial charge in [-0.05, 0) is 46.3 Å². The Hall–Kier alpha value is -2.32. The third-order valence-electron chi connectivity index (χ3n) is 2.53. The van der Waals surface area contributed by atoms with Crippen molar-refractivity contribution >= 4 is 51.2 Å². The number of allylic oxidation sites excluding steroid dienone is 1. The van der Waals surface area contributed by atoms with Crippen molar-refractivity contribution in [3.05, 3.63) is 66.8 Å². The van der Waals surface area contributed by atoms with Crippen molar-refractivity contribution in [2.45, 2.75) is 0 Å². The Bertz CT molecular complexity index is 755. The number of benzene rings is 1. The number of halogens is 1. The fraction of sp³-hybridized carbons (Fsp3) is 0. The molecule has 0 bridgehead atoms. The Kier molecular flexibility index (Phi) is 5.56. The van der Waals surface area contributed by atoms with Gasteiger partial charge in [-0.3, -0.25) is 14.9 Å². The maximum absolute atomic E-state index is 11.7. The quantitative estimate of drug-likeness (QED) is 0.486. The fourth-order valence-corrected chi connectivity index (χ4v) is 2.85. The summed E-state index contributed by atoms with van der Waals surface area (Å²) in [5, 5.41) is 14.6. The summed E-state index contributed by atoms with van der Waals surface area (Å²) in [4.78, 5) is 22.6. The molecule has 112 valence electrons. The molecule has 0 fully saturated rings. The standard InChI is InChI=1S/C14H10BrN3O3S/c15-13-8-7-12(22-13)14(19)17-16-9-3-5-10-4-1-2-6-11(10)18(20)21/h1-9H,(H,17,19). The molecule has 8 heteroatoms. The average molecular weight is 380 g/mol. The number of carbonyl (C=O) groups excluding carboxylic acids is 1. The van der Waals surface area contributed by atoms with Gasteiger partial charge < -0.3 is 0 Å². The summed E-state index contributed by atoms with van der Waals surface area (Å²) in [6.07, 6.45) is 4.43. The monoisotopic (exact) mass is 379 g/mol. The predicted molar refractivity (Wildman–Crippen MR) is 90.1 cm³/mol. The van der Waals surface area contributed by atoms with E-state index < -0.39 is 4.92 Å². The van der Waals surface area contributed by atoms with Gasteiger partial charge in [0.1, 0.15) is 0 Å². The first-order valence-corrected chi connectivity index (χ1v) is 7.67. The highest BCUT2D eigenvalue weighted by Crippen LogP contribution is 2.21. The first-order chi connectivity index (χ1) is 10.6. The molecule has 0 atom stereocenters. The highest BCUT2D eigenvalue weighted by Gasteiger charge is 2.09. The van der Waals surface area contributed by atoms with Gasteiger partial charge in [-0.15, -0.1) is 11.3 Å². The Morgan fingerprint density at radius 3 is 2.77 bits per heavy atom. The molecule has 1 aromatic heterocycles. The predicted octanol–water partition coefficient (Wildman–Crippen LogP) is 3.85. The number of nitro groups is 1. The number of para-hydroxylation sites is 1. The maximum Gasteiger partial charge on any atom is 0.281 e. The zero-order chi connectivity index (χ0) is 15.9. The van der Waals surface area contributed by atoms with Crippen LogP contribution in [-0.4, -0.2) is 17.0 Å². The van der Waals surface area contributed by atoms with Crippen molar-refractivity contribution in [1.29, 1.82) is 0 Å². The zero-order valence-electron chi connectivity index (χ0n) is 11.1. The van der Waals surface area contributed by atoms with Gasteiger partial charge in [-0.2, -0.15) is 5.10 Å². The molecule has 0 aliphatic carbocycles. The van der Waals surface area contributed by atoms with Crippen LogP contribution in [0.15, 0.2) is 51.4 Å². The van der Waals surface area contributed by atoms with Crippen molar-refractivity contribution < 1.29 is 9.72 Å². The fourth-order valence-electron chi connectivity index (χ4n) is 1.57. The van der Waals surface area contributed by atoms with Crippen LogP contribution in [0.25, 0.3) is 6.08 Å². The van der Waals surface area contributed by atoms with E-state index in [0.29, 0.717) is 10.4 Å². The van der Waals surface area contributed by atoms with Crippen LogP contribution in [0.4, 0.5) is 5.69 Å². The molecule has 6 nitrogen and oxygen atoms in total. The van der Waals surface area contributed by atoms with Crippen molar-refractivity contribution in [2.75, 3.05) is 0 Å². The van der Waals surface area contributed by atoms with Gasteiger partial charge >= 0.3 is 0 Å². The number of nitrogens with zero attached hydrogens (tertiary/aromatic N) is 2. The lowest BCUT2D eigenvalue weighted by molar-refractivity contribution is -0.385. The maximum atomic E-state index is 11.7. The minimum Gasteiger partial charge on any atom is -0.266 e. The van der Waals surface area contributed by atoms with Crippen molar-refractivity contribution in [3.8, 4) is 0 Å². The Morgan fingerprint density at radius 1 is 1.32 bits per heavy atom. The van der Waals surface area contributed by atoms with Gasteiger partial charge in [0.05, 0.1) is 19.2 Å². The summed E-state index contributed by atoms with van der Waals surface area (Å²) in [6, 6.07) is 9.82. The molecule has 2 aromatic rings. The third kappa shape index (κ3) is 4.34. The normalized spacial score (nSPS) is 11.1. The lowest BCUT2D eigenvalue weighted by Crippen LogP contribution is -2.15. The molecule has 1 aromatic carbocycles. The Balaban J connectivity index is 1.95. The van der Waals surface area contributed by atoms with Gasteiger partial charge in [0, 0.05) is 12.3 Å². The van der Waals surface area contributed by atoms with Crippen LogP contribution in [0, 0.1) is 10.1 Å². The lowest BCUT2D eigenvalue weighted by atomic mass is 10.2. The Morgan fingerprint density at radius 2 is 2.09 bits per heavy atom. The van der Waals surface area contributed by atoms with Crippen LogP contribution < -0.4 is 5.43 Å². The number of nitrogens with one attached hydrogen (secondary N) is 1. The molecular formula is C14H10BrN3O3S. The van der Waals surface area contributed by atoms with Crippen molar-refractivity contribution in [1.82, 2.24) is 5.43 Å². The molecule has 1 amide bonds.